The van der Waals surface area contributed by atoms with Gasteiger partial charge >= 0.3 is 0 Å². The summed E-state index contributed by atoms with van der Waals surface area (Å²) in [5.74, 6) is 3.05. The van der Waals surface area contributed by atoms with Gasteiger partial charge in [0.1, 0.15) is 0 Å². The van der Waals surface area contributed by atoms with Gasteiger partial charge < -0.3 is 10.2 Å². The number of anilines is 2. The first kappa shape index (κ1) is 18.8. The zero-order chi connectivity index (χ0) is 18.4. The van der Waals surface area contributed by atoms with Gasteiger partial charge in [0.2, 0.25) is 5.91 Å². The predicted molar refractivity (Wildman–Crippen MR) is 110 cm³/mol. The molecule has 0 bridgehead atoms. The molecule has 2 heterocycles. The summed E-state index contributed by atoms with van der Waals surface area (Å²) in [5.41, 5.74) is 2.92. The highest BCUT2D eigenvalue weighted by atomic mass is 32.2. The van der Waals surface area contributed by atoms with Crippen molar-refractivity contribution in [1.82, 2.24) is 9.88 Å². The van der Waals surface area contributed by atoms with E-state index in [2.05, 4.69) is 32.1 Å². The zero-order valence-corrected chi connectivity index (χ0v) is 16.4. The number of nitrogens with zero attached hydrogens (tertiary/aromatic N) is 3. The fourth-order valence-corrected chi connectivity index (χ4v) is 4.49. The fraction of sp³-hybridized carbons (Fsp3) is 0.368. The standard InChI is InChI=1S/C19H22N4OS2/c1-3-8-22-9-11-23(12-10-22)17-7-5-4-6-16(17)21-18(24)14-26-19-20-15(2)13-25-19/h1,4-7,13H,8-12,14H2,2H3,(H,21,24). The van der Waals surface area contributed by atoms with Crippen LogP contribution in [0.15, 0.2) is 34.0 Å². The van der Waals surface area contributed by atoms with E-state index in [0.717, 1.165) is 47.6 Å². The van der Waals surface area contributed by atoms with Crippen molar-refractivity contribution >= 4 is 40.4 Å². The number of piperazine rings is 1. The maximum Gasteiger partial charge on any atom is 0.234 e. The molecule has 3 rings (SSSR count). The highest BCUT2D eigenvalue weighted by molar-refractivity contribution is 8.01. The second-order valence-corrected chi connectivity index (χ2v) is 8.16. The van der Waals surface area contributed by atoms with E-state index in [4.69, 9.17) is 6.42 Å². The molecular weight excluding hydrogens is 364 g/mol. The van der Waals surface area contributed by atoms with E-state index in [1.807, 2.05) is 30.5 Å². The molecule has 1 saturated heterocycles. The minimum absolute atomic E-state index is 0.0127. The molecule has 7 heteroatoms. The highest BCUT2D eigenvalue weighted by Gasteiger charge is 2.19. The minimum Gasteiger partial charge on any atom is -0.367 e. The molecule has 136 valence electrons. The predicted octanol–water partition coefficient (Wildman–Crippen LogP) is 2.94. The van der Waals surface area contributed by atoms with Crippen molar-refractivity contribution in [2.45, 2.75) is 11.3 Å². The second kappa shape index (κ2) is 9.08. The molecule has 1 N–H and O–H groups in total. The van der Waals surface area contributed by atoms with Gasteiger partial charge in [-0.05, 0) is 19.1 Å². The van der Waals surface area contributed by atoms with Crippen LogP contribution in [0.3, 0.4) is 0 Å². The first-order valence-corrected chi connectivity index (χ1v) is 10.4. The molecule has 1 aromatic heterocycles. The average molecular weight is 387 g/mol. The summed E-state index contributed by atoms with van der Waals surface area (Å²) < 4.78 is 0.926. The molecular formula is C19H22N4OS2. The summed E-state index contributed by atoms with van der Waals surface area (Å²) >= 11 is 3.04. The summed E-state index contributed by atoms with van der Waals surface area (Å²) in [6.45, 7) is 6.33. The number of benzene rings is 1. The molecule has 0 spiro atoms. The van der Waals surface area contributed by atoms with Gasteiger partial charge in [0.25, 0.3) is 0 Å². The van der Waals surface area contributed by atoms with Gasteiger partial charge in [-0.15, -0.1) is 17.8 Å². The molecule has 0 radical (unpaired) electrons. The molecule has 0 aliphatic carbocycles. The van der Waals surface area contributed by atoms with Crippen LogP contribution in [0.5, 0.6) is 0 Å². The Bertz CT molecular complexity index is 791. The summed E-state index contributed by atoms with van der Waals surface area (Å²) in [4.78, 5) is 21.3. The van der Waals surface area contributed by atoms with Crippen molar-refractivity contribution in [3.63, 3.8) is 0 Å². The largest absolute Gasteiger partial charge is 0.367 e. The number of para-hydroxylation sites is 2. The molecule has 1 aliphatic heterocycles. The van der Waals surface area contributed by atoms with Gasteiger partial charge in [0.05, 0.1) is 23.7 Å². The molecule has 26 heavy (non-hydrogen) atoms. The van der Waals surface area contributed by atoms with E-state index in [1.54, 1.807) is 11.3 Å². The third-order valence-corrected chi connectivity index (χ3v) is 6.27. The SMILES string of the molecule is C#CCN1CCN(c2ccccc2NC(=O)CSc2nc(C)cs2)CC1. The molecule has 1 fully saturated rings. The van der Waals surface area contributed by atoms with Crippen LogP contribution in [0.4, 0.5) is 11.4 Å². The van der Waals surface area contributed by atoms with Gasteiger partial charge in [-0.2, -0.15) is 0 Å². The first-order chi connectivity index (χ1) is 12.7. The topological polar surface area (TPSA) is 48.5 Å². The van der Waals surface area contributed by atoms with Crippen LogP contribution in [-0.2, 0) is 4.79 Å². The number of hydrogen-bond acceptors (Lipinski definition) is 6. The Balaban J connectivity index is 1.58. The van der Waals surface area contributed by atoms with Crippen molar-refractivity contribution in [2.24, 2.45) is 0 Å². The summed E-state index contributed by atoms with van der Waals surface area (Å²) in [6, 6.07) is 7.97. The summed E-state index contributed by atoms with van der Waals surface area (Å²) in [7, 11) is 0. The fourth-order valence-electron chi connectivity index (χ4n) is 2.84. The highest BCUT2D eigenvalue weighted by Crippen LogP contribution is 2.27. The lowest BCUT2D eigenvalue weighted by Gasteiger charge is -2.36. The van der Waals surface area contributed by atoms with Crippen molar-refractivity contribution in [3.05, 3.63) is 35.3 Å². The number of terminal acetylenes is 1. The molecule has 1 aliphatic rings. The molecule has 0 unspecified atom stereocenters. The van der Waals surface area contributed by atoms with Gasteiger partial charge in [0, 0.05) is 37.3 Å². The molecule has 0 saturated carbocycles. The lowest BCUT2D eigenvalue weighted by Crippen LogP contribution is -2.46. The van der Waals surface area contributed by atoms with Crippen LogP contribution < -0.4 is 10.2 Å². The van der Waals surface area contributed by atoms with Crippen LogP contribution in [0.2, 0.25) is 0 Å². The Morgan fingerprint density at radius 1 is 1.35 bits per heavy atom. The first-order valence-electron chi connectivity index (χ1n) is 8.50. The molecule has 2 aromatic rings. The molecule has 0 atom stereocenters. The third kappa shape index (κ3) is 5.01. The maximum atomic E-state index is 12.4. The molecule has 1 amide bonds. The van der Waals surface area contributed by atoms with Crippen molar-refractivity contribution < 1.29 is 4.79 Å². The van der Waals surface area contributed by atoms with Crippen molar-refractivity contribution in [3.8, 4) is 12.3 Å². The van der Waals surface area contributed by atoms with Crippen molar-refractivity contribution in [2.75, 3.05) is 48.7 Å². The Labute approximate surface area is 162 Å². The zero-order valence-electron chi connectivity index (χ0n) is 14.8. The van der Waals surface area contributed by atoms with Crippen LogP contribution in [0.1, 0.15) is 5.69 Å². The number of nitrogens with one attached hydrogen (secondary N) is 1. The number of aromatic nitrogens is 1. The number of thioether (sulfide) groups is 1. The number of hydrogen-bond donors (Lipinski definition) is 1. The average Bonchev–Trinajstić information content (AvgIpc) is 3.07. The number of thiazole rings is 1. The number of carbonyl (C=O) groups excluding carboxylic acids is 1. The van der Waals surface area contributed by atoms with E-state index in [9.17, 15) is 4.79 Å². The summed E-state index contributed by atoms with van der Waals surface area (Å²) in [5, 5.41) is 5.05. The van der Waals surface area contributed by atoms with Crippen LogP contribution in [0, 0.1) is 19.3 Å². The van der Waals surface area contributed by atoms with Crippen LogP contribution in [0.25, 0.3) is 0 Å². The van der Waals surface area contributed by atoms with Gasteiger partial charge in [0.15, 0.2) is 4.34 Å². The number of carbonyl (C=O) groups is 1. The quantitative estimate of drug-likeness (QED) is 0.611. The molecule has 5 nitrogen and oxygen atoms in total. The van der Waals surface area contributed by atoms with Crippen molar-refractivity contribution in [1.29, 1.82) is 0 Å². The number of amides is 1. The lowest BCUT2D eigenvalue weighted by atomic mass is 10.2. The Kier molecular flexibility index (Phi) is 6.56. The monoisotopic (exact) mass is 386 g/mol. The maximum absolute atomic E-state index is 12.4. The minimum atomic E-state index is -0.0127. The smallest absolute Gasteiger partial charge is 0.234 e. The Morgan fingerprint density at radius 3 is 2.81 bits per heavy atom. The number of aryl methyl sites for hydroxylation is 1. The van der Waals surface area contributed by atoms with Crippen LogP contribution >= 0.6 is 23.1 Å². The normalized spacial score (nSPS) is 14.8. The van der Waals surface area contributed by atoms with Crippen LogP contribution in [-0.4, -0.2) is 54.3 Å². The van der Waals surface area contributed by atoms with E-state index >= 15 is 0 Å². The van der Waals surface area contributed by atoms with E-state index < -0.39 is 0 Å². The third-order valence-electron chi connectivity index (χ3n) is 4.13. The Morgan fingerprint density at radius 2 is 2.12 bits per heavy atom. The van der Waals surface area contributed by atoms with Gasteiger partial charge in [-0.3, -0.25) is 9.69 Å². The second-order valence-electron chi connectivity index (χ2n) is 6.08. The van der Waals surface area contributed by atoms with E-state index in [-0.39, 0.29) is 5.91 Å². The number of rotatable bonds is 6. The summed E-state index contributed by atoms with van der Waals surface area (Å²) in [6.07, 6.45) is 5.40. The Hall–Kier alpha value is -2.01. The van der Waals surface area contributed by atoms with Gasteiger partial charge in [-0.25, -0.2) is 4.98 Å². The van der Waals surface area contributed by atoms with E-state index in [1.165, 1.54) is 11.8 Å². The van der Waals surface area contributed by atoms with E-state index in [0.29, 0.717) is 12.3 Å². The molecule has 1 aromatic carbocycles. The van der Waals surface area contributed by atoms with Gasteiger partial charge in [-0.1, -0.05) is 29.8 Å². The lowest BCUT2D eigenvalue weighted by molar-refractivity contribution is -0.113.